The van der Waals surface area contributed by atoms with Crippen LogP contribution in [-0.4, -0.2) is 27.9 Å². The SMILES string of the molecule is Cc1cn([C@@H]2O[C@@]3(COCc4ccccc4)CC[C@@H]2[C@@H]3OCc2ccccc2)c(=O)[nH]c1=O. The number of hydrogen-bond donors (Lipinski definition) is 1. The molecule has 7 heteroatoms. The van der Waals surface area contributed by atoms with Crippen LogP contribution in [-0.2, 0) is 27.4 Å². The zero-order valence-corrected chi connectivity index (χ0v) is 18.6. The van der Waals surface area contributed by atoms with Gasteiger partial charge in [0, 0.05) is 17.7 Å². The number of rotatable bonds is 8. The second-order valence-corrected chi connectivity index (χ2v) is 8.95. The maximum atomic E-state index is 12.6. The van der Waals surface area contributed by atoms with Gasteiger partial charge in [0.05, 0.1) is 25.9 Å². The van der Waals surface area contributed by atoms with Crippen LogP contribution in [0.4, 0.5) is 0 Å². The molecule has 2 aliphatic rings. The number of hydrogen-bond acceptors (Lipinski definition) is 5. The lowest BCUT2D eigenvalue weighted by molar-refractivity contribution is -0.162. The largest absolute Gasteiger partial charge is 0.374 e. The van der Waals surface area contributed by atoms with Gasteiger partial charge in [-0.3, -0.25) is 14.3 Å². The molecule has 0 amide bonds. The number of aromatic nitrogens is 2. The summed E-state index contributed by atoms with van der Waals surface area (Å²) >= 11 is 0. The molecule has 7 nitrogen and oxygen atoms in total. The molecular weight excluding hydrogens is 420 g/mol. The molecule has 5 rings (SSSR count). The minimum atomic E-state index is -0.650. The number of nitrogens with one attached hydrogen (secondary N) is 1. The molecule has 1 aliphatic heterocycles. The zero-order valence-electron chi connectivity index (χ0n) is 18.6. The molecule has 1 saturated heterocycles. The molecule has 2 fully saturated rings. The van der Waals surface area contributed by atoms with E-state index in [1.165, 1.54) is 4.57 Å². The van der Waals surface area contributed by atoms with Gasteiger partial charge in [0.25, 0.3) is 5.56 Å². The Morgan fingerprint density at radius 2 is 1.70 bits per heavy atom. The Morgan fingerprint density at radius 1 is 1.03 bits per heavy atom. The Kier molecular flexibility index (Phi) is 6.01. The van der Waals surface area contributed by atoms with Crippen LogP contribution in [0.15, 0.2) is 76.4 Å². The fourth-order valence-corrected chi connectivity index (χ4v) is 5.02. The highest BCUT2D eigenvalue weighted by atomic mass is 16.6. The van der Waals surface area contributed by atoms with E-state index in [0.29, 0.717) is 25.4 Å². The van der Waals surface area contributed by atoms with Crippen molar-refractivity contribution in [3.05, 3.63) is 104 Å². The molecule has 1 aromatic heterocycles. The lowest BCUT2D eigenvalue weighted by atomic mass is 9.99. The van der Waals surface area contributed by atoms with Crippen LogP contribution in [0.2, 0.25) is 0 Å². The molecule has 3 aromatic rings. The van der Waals surface area contributed by atoms with Crippen LogP contribution in [0, 0.1) is 12.8 Å². The van der Waals surface area contributed by atoms with Crippen LogP contribution < -0.4 is 11.2 Å². The van der Waals surface area contributed by atoms with Gasteiger partial charge in [-0.05, 0) is 30.9 Å². The average Bonchev–Trinajstić information content (AvgIpc) is 3.33. The zero-order chi connectivity index (χ0) is 22.8. The van der Waals surface area contributed by atoms with Crippen molar-refractivity contribution < 1.29 is 14.2 Å². The molecular formula is C26H28N2O5. The maximum Gasteiger partial charge on any atom is 0.330 e. The summed E-state index contributed by atoms with van der Waals surface area (Å²) in [6, 6.07) is 20.0. The van der Waals surface area contributed by atoms with E-state index >= 15 is 0 Å². The lowest BCUT2D eigenvalue weighted by Crippen LogP contribution is -2.43. The van der Waals surface area contributed by atoms with Crippen molar-refractivity contribution in [2.24, 2.45) is 5.92 Å². The Balaban J connectivity index is 1.39. The fourth-order valence-electron chi connectivity index (χ4n) is 5.02. The summed E-state index contributed by atoms with van der Waals surface area (Å²) < 4.78 is 20.6. The Hall–Kier alpha value is -3.00. The molecule has 0 radical (unpaired) electrons. The normalized spacial score (nSPS) is 26.0. The Bertz CT molecular complexity index is 1210. The number of aryl methyl sites for hydroxylation is 1. The molecule has 2 heterocycles. The van der Waals surface area contributed by atoms with Crippen molar-refractivity contribution in [3.8, 4) is 0 Å². The third-order valence-corrected chi connectivity index (χ3v) is 6.68. The van der Waals surface area contributed by atoms with Gasteiger partial charge in [-0.15, -0.1) is 0 Å². The third-order valence-electron chi connectivity index (χ3n) is 6.68. The Morgan fingerprint density at radius 3 is 2.39 bits per heavy atom. The van der Waals surface area contributed by atoms with E-state index in [1.54, 1.807) is 13.1 Å². The molecule has 172 valence electrons. The van der Waals surface area contributed by atoms with Gasteiger partial charge in [-0.25, -0.2) is 4.79 Å². The summed E-state index contributed by atoms with van der Waals surface area (Å²) in [6.45, 7) is 2.98. The second-order valence-electron chi connectivity index (χ2n) is 8.95. The van der Waals surface area contributed by atoms with Gasteiger partial charge < -0.3 is 14.2 Å². The number of benzene rings is 2. The summed E-state index contributed by atoms with van der Waals surface area (Å²) in [5.74, 6) is -0.0166. The van der Waals surface area contributed by atoms with E-state index in [0.717, 1.165) is 24.0 Å². The predicted molar refractivity (Wildman–Crippen MR) is 123 cm³/mol. The van der Waals surface area contributed by atoms with E-state index in [9.17, 15) is 9.59 Å². The summed E-state index contributed by atoms with van der Waals surface area (Å²) in [5.41, 5.74) is 1.15. The lowest BCUT2D eigenvalue weighted by Gasteiger charge is -2.32. The van der Waals surface area contributed by atoms with Crippen molar-refractivity contribution in [3.63, 3.8) is 0 Å². The fraction of sp³-hybridized carbons (Fsp3) is 0.385. The number of aromatic amines is 1. The highest BCUT2D eigenvalue weighted by Crippen LogP contribution is 2.54. The second kappa shape index (κ2) is 9.09. The first-order valence-electron chi connectivity index (χ1n) is 11.3. The van der Waals surface area contributed by atoms with E-state index in [-0.39, 0.29) is 17.6 Å². The standard InChI is InChI=1S/C26H28N2O5/c1-18-14-28(25(30)27-23(18)29)24-21-12-13-26(33-24,17-31-15-19-8-4-2-5-9-19)22(21)32-16-20-10-6-3-7-11-20/h2-11,14,21-22,24H,12-13,15-17H2,1H3,(H,27,29,30)/t21-,22+,24-,26-/m1/s1. The van der Waals surface area contributed by atoms with Crippen LogP contribution >= 0.6 is 0 Å². The van der Waals surface area contributed by atoms with E-state index in [1.807, 2.05) is 60.7 Å². The smallest absolute Gasteiger partial charge is 0.330 e. The number of ether oxygens (including phenoxy) is 3. The minimum Gasteiger partial charge on any atom is -0.374 e. The molecule has 2 aromatic carbocycles. The van der Waals surface area contributed by atoms with Crippen molar-refractivity contribution in [2.75, 3.05) is 6.61 Å². The number of H-pyrrole nitrogens is 1. The van der Waals surface area contributed by atoms with Crippen LogP contribution in [0.25, 0.3) is 0 Å². The van der Waals surface area contributed by atoms with Crippen LogP contribution in [0.3, 0.4) is 0 Å². The van der Waals surface area contributed by atoms with Gasteiger partial charge >= 0.3 is 5.69 Å². The molecule has 1 aliphatic carbocycles. The number of fused-ring (bicyclic) bond motifs is 2. The van der Waals surface area contributed by atoms with Crippen LogP contribution in [0.1, 0.15) is 35.8 Å². The average molecular weight is 449 g/mol. The molecule has 0 unspecified atom stereocenters. The van der Waals surface area contributed by atoms with Gasteiger partial charge in [0.15, 0.2) is 0 Å². The van der Waals surface area contributed by atoms with Gasteiger partial charge in [-0.2, -0.15) is 0 Å². The van der Waals surface area contributed by atoms with Crippen molar-refractivity contribution in [1.29, 1.82) is 0 Å². The van der Waals surface area contributed by atoms with Gasteiger partial charge in [-0.1, -0.05) is 60.7 Å². The van der Waals surface area contributed by atoms with E-state index in [4.69, 9.17) is 14.2 Å². The minimum absolute atomic E-state index is 0.0166. The highest BCUT2D eigenvalue weighted by Gasteiger charge is 2.61. The Labute approximate surface area is 191 Å². The molecule has 2 bridgehead atoms. The summed E-state index contributed by atoms with van der Waals surface area (Å²) in [6.07, 6.45) is 2.49. The molecule has 1 N–H and O–H groups in total. The first-order valence-corrected chi connectivity index (χ1v) is 11.3. The van der Waals surface area contributed by atoms with E-state index < -0.39 is 17.5 Å². The summed E-state index contributed by atoms with van der Waals surface area (Å²) in [4.78, 5) is 26.9. The topological polar surface area (TPSA) is 82.6 Å². The monoisotopic (exact) mass is 448 g/mol. The van der Waals surface area contributed by atoms with Gasteiger partial charge in [0.1, 0.15) is 11.8 Å². The maximum absolute atomic E-state index is 12.6. The summed E-state index contributed by atoms with van der Waals surface area (Å²) in [5, 5.41) is 0. The number of nitrogens with zero attached hydrogens (tertiary/aromatic N) is 1. The molecule has 4 atom stereocenters. The van der Waals surface area contributed by atoms with Crippen molar-refractivity contribution >= 4 is 0 Å². The summed E-state index contributed by atoms with van der Waals surface area (Å²) in [7, 11) is 0. The molecule has 33 heavy (non-hydrogen) atoms. The molecule has 0 spiro atoms. The first-order chi connectivity index (χ1) is 16.1. The highest BCUT2D eigenvalue weighted by molar-refractivity contribution is 5.16. The van der Waals surface area contributed by atoms with Gasteiger partial charge in [0.2, 0.25) is 0 Å². The van der Waals surface area contributed by atoms with Crippen LogP contribution in [0.5, 0.6) is 0 Å². The predicted octanol–water partition coefficient (Wildman–Crippen LogP) is 3.32. The van der Waals surface area contributed by atoms with Crippen molar-refractivity contribution in [1.82, 2.24) is 9.55 Å². The third kappa shape index (κ3) is 4.31. The molecule has 1 saturated carbocycles. The quantitative estimate of drug-likeness (QED) is 0.572. The van der Waals surface area contributed by atoms with E-state index in [2.05, 4.69) is 4.98 Å². The first kappa shape index (κ1) is 21.8. The van der Waals surface area contributed by atoms with Crippen molar-refractivity contribution in [2.45, 2.75) is 50.9 Å².